The van der Waals surface area contributed by atoms with Gasteiger partial charge in [0, 0.05) is 12.6 Å². The minimum absolute atomic E-state index is 0.374. The van der Waals surface area contributed by atoms with Crippen LogP contribution in [0, 0.1) is 0 Å². The van der Waals surface area contributed by atoms with E-state index in [1.807, 2.05) is 12.1 Å². The summed E-state index contributed by atoms with van der Waals surface area (Å²) in [6.45, 7) is 1.52. The zero-order valence-electron chi connectivity index (χ0n) is 10.2. The van der Waals surface area contributed by atoms with Crippen molar-refractivity contribution < 1.29 is 9.59 Å². The van der Waals surface area contributed by atoms with E-state index in [4.69, 9.17) is 0 Å². The number of benzene rings is 1. The van der Waals surface area contributed by atoms with E-state index < -0.39 is 0 Å². The van der Waals surface area contributed by atoms with E-state index >= 15 is 0 Å². The maximum Gasteiger partial charge on any atom is 0.299 e. The third-order valence-electron chi connectivity index (χ3n) is 3.45. The van der Waals surface area contributed by atoms with Crippen LogP contribution in [0.5, 0.6) is 0 Å². The van der Waals surface area contributed by atoms with Gasteiger partial charge < -0.3 is 10.2 Å². The van der Waals surface area contributed by atoms with Gasteiger partial charge in [0.1, 0.15) is 0 Å². The first kappa shape index (κ1) is 11.4. The molecular formula is C14H16N2O2. The number of hydrogen-bond acceptors (Lipinski definition) is 3. The monoisotopic (exact) mass is 244 g/mol. The summed E-state index contributed by atoms with van der Waals surface area (Å²) in [5.41, 5.74) is 1.30. The average molecular weight is 244 g/mol. The summed E-state index contributed by atoms with van der Waals surface area (Å²) in [4.78, 5) is 25.2. The molecule has 94 valence electrons. The van der Waals surface area contributed by atoms with Gasteiger partial charge in [0.2, 0.25) is 0 Å². The van der Waals surface area contributed by atoms with Crippen LogP contribution in [0.1, 0.15) is 29.6 Å². The van der Waals surface area contributed by atoms with Gasteiger partial charge in [0.25, 0.3) is 11.7 Å². The van der Waals surface area contributed by atoms with Crippen LogP contribution in [-0.2, 0) is 4.79 Å². The van der Waals surface area contributed by atoms with Gasteiger partial charge in [-0.3, -0.25) is 9.59 Å². The Morgan fingerprint density at radius 2 is 2.00 bits per heavy atom. The van der Waals surface area contributed by atoms with Crippen LogP contribution in [-0.4, -0.2) is 30.8 Å². The molecule has 2 aliphatic rings. The SMILES string of the molecule is O=C1C(=O)N(CCCNC2CC2)c2ccccc21. The minimum Gasteiger partial charge on any atom is -0.314 e. The highest BCUT2D eigenvalue weighted by Crippen LogP contribution is 2.28. The fourth-order valence-electron chi connectivity index (χ4n) is 2.30. The third kappa shape index (κ3) is 2.04. The van der Waals surface area contributed by atoms with E-state index in [-0.39, 0.29) is 11.7 Å². The van der Waals surface area contributed by atoms with Gasteiger partial charge in [-0.25, -0.2) is 0 Å². The van der Waals surface area contributed by atoms with Crippen LogP contribution in [0.15, 0.2) is 24.3 Å². The number of amides is 1. The number of rotatable bonds is 5. The Balaban J connectivity index is 1.64. The smallest absolute Gasteiger partial charge is 0.299 e. The topological polar surface area (TPSA) is 49.4 Å². The van der Waals surface area contributed by atoms with Crippen LogP contribution in [0.3, 0.4) is 0 Å². The predicted octanol–water partition coefficient (Wildman–Crippen LogP) is 1.36. The summed E-state index contributed by atoms with van der Waals surface area (Å²) >= 11 is 0. The molecule has 1 N–H and O–H groups in total. The lowest BCUT2D eigenvalue weighted by molar-refractivity contribution is -0.114. The normalized spacial score (nSPS) is 18.3. The van der Waals surface area contributed by atoms with E-state index in [0.29, 0.717) is 18.2 Å². The van der Waals surface area contributed by atoms with Gasteiger partial charge in [0.05, 0.1) is 11.3 Å². The van der Waals surface area contributed by atoms with E-state index in [9.17, 15) is 9.59 Å². The number of fused-ring (bicyclic) bond motifs is 1. The number of carbonyl (C=O) groups is 2. The van der Waals surface area contributed by atoms with Crippen molar-refractivity contribution in [2.75, 3.05) is 18.0 Å². The maximum absolute atomic E-state index is 11.9. The Kier molecular flexibility index (Phi) is 2.88. The van der Waals surface area contributed by atoms with E-state index in [1.165, 1.54) is 12.8 Å². The number of carbonyl (C=O) groups excluding carboxylic acids is 2. The zero-order valence-corrected chi connectivity index (χ0v) is 10.2. The lowest BCUT2D eigenvalue weighted by Crippen LogP contribution is -2.32. The van der Waals surface area contributed by atoms with E-state index in [0.717, 1.165) is 18.7 Å². The number of para-hydroxylation sites is 1. The Morgan fingerprint density at radius 1 is 1.22 bits per heavy atom. The van der Waals surface area contributed by atoms with Crippen LogP contribution >= 0.6 is 0 Å². The summed E-state index contributed by atoms with van der Waals surface area (Å²) < 4.78 is 0. The highest BCUT2D eigenvalue weighted by Gasteiger charge is 2.34. The number of ketones is 1. The fourth-order valence-corrected chi connectivity index (χ4v) is 2.30. The molecule has 0 saturated heterocycles. The van der Waals surface area contributed by atoms with Crippen molar-refractivity contribution >= 4 is 17.4 Å². The molecule has 1 aromatic carbocycles. The third-order valence-corrected chi connectivity index (χ3v) is 3.45. The first-order valence-electron chi connectivity index (χ1n) is 6.46. The molecule has 0 bridgehead atoms. The van der Waals surface area contributed by atoms with Crippen LogP contribution in [0.2, 0.25) is 0 Å². The van der Waals surface area contributed by atoms with Crippen molar-refractivity contribution in [3.05, 3.63) is 29.8 Å². The molecule has 0 aromatic heterocycles. The number of Topliss-reactive ketones (excluding diaryl/α,β-unsaturated/α-hetero) is 1. The lowest BCUT2D eigenvalue weighted by atomic mass is 10.1. The van der Waals surface area contributed by atoms with Crippen molar-refractivity contribution in [2.45, 2.75) is 25.3 Å². The molecule has 0 atom stereocenters. The molecule has 1 heterocycles. The second-order valence-electron chi connectivity index (χ2n) is 4.89. The van der Waals surface area contributed by atoms with Crippen molar-refractivity contribution in [3.63, 3.8) is 0 Å². The second kappa shape index (κ2) is 4.53. The molecule has 18 heavy (non-hydrogen) atoms. The summed E-state index contributed by atoms with van der Waals surface area (Å²) in [5, 5.41) is 3.41. The molecule has 1 amide bonds. The molecule has 0 spiro atoms. The minimum atomic E-state index is -0.386. The zero-order chi connectivity index (χ0) is 12.5. The first-order valence-corrected chi connectivity index (χ1v) is 6.46. The van der Waals surface area contributed by atoms with Crippen LogP contribution < -0.4 is 10.2 Å². The van der Waals surface area contributed by atoms with Gasteiger partial charge in [-0.2, -0.15) is 0 Å². The molecule has 3 rings (SSSR count). The highest BCUT2D eigenvalue weighted by molar-refractivity contribution is 6.52. The summed E-state index contributed by atoms with van der Waals surface area (Å²) in [6.07, 6.45) is 3.41. The summed E-state index contributed by atoms with van der Waals surface area (Å²) in [5.74, 6) is -0.761. The Morgan fingerprint density at radius 3 is 2.78 bits per heavy atom. The quantitative estimate of drug-likeness (QED) is 0.628. The highest BCUT2D eigenvalue weighted by atomic mass is 16.2. The molecule has 4 heteroatoms. The van der Waals surface area contributed by atoms with Crippen molar-refractivity contribution in [2.24, 2.45) is 0 Å². The molecule has 1 aliphatic carbocycles. The number of nitrogens with zero attached hydrogens (tertiary/aromatic N) is 1. The molecule has 1 aromatic rings. The van der Waals surface area contributed by atoms with Gasteiger partial charge in [-0.15, -0.1) is 0 Å². The average Bonchev–Trinajstić information content (AvgIpc) is 3.18. The molecular weight excluding hydrogens is 228 g/mol. The van der Waals surface area contributed by atoms with Crippen molar-refractivity contribution in [3.8, 4) is 0 Å². The van der Waals surface area contributed by atoms with Gasteiger partial charge >= 0.3 is 0 Å². The Labute approximate surface area is 106 Å². The first-order chi connectivity index (χ1) is 8.77. The predicted molar refractivity (Wildman–Crippen MR) is 68.8 cm³/mol. The van der Waals surface area contributed by atoms with Crippen LogP contribution in [0.25, 0.3) is 0 Å². The molecule has 1 saturated carbocycles. The Bertz CT molecular complexity index is 494. The number of anilines is 1. The Hall–Kier alpha value is -1.68. The molecule has 1 fully saturated rings. The summed E-state index contributed by atoms with van der Waals surface area (Å²) in [7, 11) is 0. The van der Waals surface area contributed by atoms with Gasteiger partial charge in [-0.05, 0) is 37.9 Å². The molecule has 1 aliphatic heterocycles. The largest absolute Gasteiger partial charge is 0.314 e. The van der Waals surface area contributed by atoms with Crippen LogP contribution in [0.4, 0.5) is 5.69 Å². The molecule has 0 radical (unpaired) electrons. The van der Waals surface area contributed by atoms with Crippen molar-refractivity contribution in [1.29, 1.82) is 0 Å². The second-order valence-corrected chi connectivity index (χ2v) is 4.89. The summed E-state index contributed by atoms with van der Waals surface area (Å²) in [6, 6.07) is 7.90. The van der Waals surface area contributed by atoms with Crippen molar-refractivity contribution in [1.82, 2.24) is 5.32 Å². The van der Waals surface area contributed by atoms with E-state index in [2.05, 4.69) is 5.32 Å². The number of nitrogens with one attached hydrogen (secondary N) is 1. The van der Waals surface area contributed by atoms with E-state index in [1.54, 1.807) is 17.0 Å². The fraction of sp³-hybridized carbons (Fsp3) is 0.429. The molecule has 0 unspecified atom stereocenters. The molecule has 4 nitrogen and oxygen atoms in total. The van der Waals surface area contributed by atoms with Gasteiger partial charge in [0.15, 0.2) is 0 Å². The van der Waals surface area contributed by atoms with Gasteiger partial charge in [-0.1, -0.05) is 12.1 Å². The maximum atomic E-state index is 11.9. The lowest BCUT2D eigenvalue weighted by Gasteiger charge is -2.16. The standard InChI is InChI=1S/C14H16N2O2/c17-13-11-4-1-2-5-12(11)16(14(13)18)9-3-8-15-10-6-7-10/h1-2,4-5,10,15H,3,6-9H2. The number of hydrogen-bond donors (Lipinski definition) is 1.